The topological polar surface area (TPSA) is 67.4 Å². The number of carbonyl (C=O) groups excluding carboxylic acids is 2. The van der Waals surface area contributed by atoms with E-state index in [1.807, 2.05) is 34.6 Å². The standard InChI is InChI=1S/C15H28N2O3/c1-10(2)16-13(18)11-7-6-8-12(9-11)17-14(19)20-15(3,4)5/h10-12H,6-9H2,1-5H3,(H,16,18)(H,17,19)/t11-,12-/m1/s1. The number of rotatable bonds is 3. The van der Waals surface area contributed by atoms with Crippen molar-refractivity contribution in [1.29, 1.82) is 0 Å². The minimum absolute atomic E-state index is 0.00825. The SMILES string of the molecule is CC(C)NC(=O)[C@@H]1CCC[C@@H](NC(=O)OC(C)(C)C)C1. The molecule has 5 nitrogen and oxygen atoms in total. The maximum atomic E-state index is 12.0. The van der Waals surface area contributed by atoms with Crippen molar-refractivity contribution in [2.75, 3.05) is 0 Å². The van der Waals surface area contributed by atoms with Crippen LogP contribution >= 0.6 is 0 Å². The third kappa shape index (κ3) is 6.26. The van der Waals surface area contributed by atoms with Gasteiger partial charge in [-0.25, -0.2) is 4.79 Å². The minimum atomic E-state index is -0.493. The largest absolute Gasteiger partial charge is 0.444 e. The molecule has 1 rings (SSSR count). The molecule has 0 aliphatic heterocycles. The summed E-state index contributed by atoms with van der Waals surface area (Å²) in [6.45, 7) is 9.43. The summed E-state index contributed by atoms with van der Waals surface area (Å²) in [5.74, 6) is 0.0850. The Hall–Kier alpha value is -1.26. The van der Waals surface area contributed by atoms with Gasteiger partial charge >= 0.3 is 6.09 Å². The molecule has 2 N–H and O–H groups in total. The van der Waals surface area contributed by atoms with E-state index in [4.69, 9.17) is 4.74 Å². The third-order valence-corrected chi connectivity index (χ3v) is 3.20. The Kier molecular flexibility index (Phi) is 5.84. The first-order valence-electron chi connectivity index (χ1n) is 7.47. The van der Waals surface area contributed by atoms with Crippen LogP contribution in [-0.2, 0) is 9.53 Å². The molecule has 2 atom stereocenters. The molecule has 20 heavy (non-hydrogen) atoms. The highest BCUT2D eigenvalue weighted by atomic mass is 16.6. The van der Waals surface area contributed by atoms with Crippen molar-refractivity contribution in [3.63, 3.8) is 0 Å². The molecule has 0 aromatic rings. The van der Waals surface area contributed by atoms with Gasteiger partial charge in [0.15, 0.2) is 0 Å². The zero-order chi connectivity index (χ0) is 15.3. The van der Waals surface area contributed by atoms with Crippen LogP contribution in [0.5, 0.6) is 0 Å². The molecule has 0 aromatic heterocycles. The van der Waals surface area contributed by atoms with E-state index in [-0.39, 0.29) is 23.9 Å². The second kappa shape index (κ2) is 6.95. The maximum absolute atomic E-state index is 12.0. The van der Waals surface area contributed by atoms with Crippen LogP contribution in [0, 0.1) is 5.92 Å². The van der Waals surface area contributed by atoms with Crippen molar-refractivity contribution in [3.8, 4) is 0 Å². The Bertz CT molecular complexity index is 348. The van der Waals surface area contributed by atoms with Crippen LogP contribution in [-0.4, -0.2) is 29.7 Å². The molecule has 2 amide bonds. The zero-order valence-corrected chi connectivity index (χ0v) is 13.3. The highest BCUT2D eigenvalue weighted by molar-refractivity contribution is 5.79. The number of nitrogens with one attached hydrogen (secondary N) is 2. The van der Waals surface area contributed by atoms with Gasteiger partial charge in [0.1, 0.15) is 5.60 Å². The first-order chi connectivity index (χ1) is 9.17. The van der Waals surface area contributed by atoms with E-state index in [9.17, 15) is 9.59 Å². The second-order valence-corrected chi connectivity index (χ2v) is 6.87. The van der Waals surface area contributed by atoms with Gasteiger partial charge in [0.05, 0.1) is 0 Å². The van der Waals surface area contributed by atoms with Crippen molar-refractivity contribution in [3.05, 3.63) is 0 Å². The van der Waals surface area contributed by atoms with E-state index in [1.165, 1.54) is 0 Å². The van der Waals surface area contributed by atoms with Crippen LogP contribution < -0.4 is 10.6 Å². The molecule has 116 valence electrons. The molecule has 0 spiro atoms. The molecule has 0 aromatic carbocycles. The summed E-state index contributed by atoms with van der Waals surface area (Å²) in [7, 11) is 0. The van der Waals surface area contributed by atoms with Gasteiger partial charge in [-0.2, -0.15) is 0 Å². The Morgan fingerprint density at radius 2 is 1.85 bits per heavy atom. The molecular formula is C15H28N2O3. The molecule has 5 heteroatoms. The number of alkyl carbamates (subject to hydrolysis) is 1. The van der Waals surface area contributed by atoms with Crippen molar-refractivity contribution in [2.24, 2.45) is 5.92 Å². The minimum Gasteiger partial charge on any atom is -0.444 e. The van der Waals surface area contributed by atoms with Crippen LogP contribution in [0.1, 0.15) is 60.3 Å². The Balaban J connectivity index is 2.45. The van der Waals surface area contributed by atoms with Gasteiger partial charge in [-0.05, 0) is 53.9 Å². The first-order valence-corrected chi connectivity index (χ1v) is 7.47. The highest BCUT2D eigenvalue weighted by Crippen LogP contribution is 2.25. The van der Waals surface area contributed by atoms with Crippen LogP contribution in [0.25, 0.3) is 0 Å². The fourth-order valence-corrected chi connectivity index (χ4v) is 2.44. The smallest absolute Gasteiger partial charge is 0.407 e. The highest BCUT2D eigenvalue weighted by Gasteiger charge is 2.29. The van der Waals surface area contributed by atoms with Gasteiger partial charge in [0, 0.05) is 18.0 Å². The van der Waals surface area contributed by atoms with Crippen LogP contribution in [0.4, 0.5) is 4.79 Å². The molecule has 0 unspecified atom stereocenters. The van der Waals surface area contributed by atoms with Crippen LogP contribution in [0.2, 0.25) is 0 Å². The van der Waals surface area contributed by atoms with E-state index in [0.29, 0.717) is 6.42 Å². The monoisotopic (exact) mass is 284 g/mol. The Labute approximate surface area is 121 Å². The van der Waals surface area contributed by atoms with Gasteiger partial charge in [-0.1, -0.05) is 6.42 Å². The number of carbonyl (C=O) groups is 2. The van der Waals surface area contributed by atoms with Gasteiger partial charge in [0.25, 0.3) is 0 Å². The third-order valence-electron chi connectivity index (χ3n) is 3.20. The quantitative estimate of drug-likeness (QED) is 0.837. The lowest BCUT2D eigenvalue weighted by Crippen LogP contribution is -2.45. The average molecular weight is 284 g/mol. The summed E-state index contributed by atoms with van der Waals surface area (Å²) in [5.41, 5.74) is -0.493. The van der Waals surface area contributed by atoms with Crippen molar-refractivity contribution in [1.82, 2.24) is 10.6 Å². The molecule has 1 aliphatic carbocycles. The van der Waals surface area contributed by atoms with Gasteiger partial charge in [-0.15, -0.1) is 0 Å². The molecule has 0 bridgehead atoms. The lowest BCUT2D eigenvalue weighted by atomic mass is 9.85. The van der Waals surface area contributed by atoms with Gasteiger partial charge < -0.3 is 15.4 Å². The molecule has 1 saturated carbocycles. The summed E-state index contributed by atoms with van der Waals surface area (Å²) < 4.78 is 5.25. The predicted molar refractivity (Wildman–Crippen MR) is 78.4 cm³/mol. The first kappa shape index (κ1) is 16.8. The van der Waals surface area contributed by atoms with Crippen molar-refractivity contribution < 1.29 is 14.3 Å². The lowest BCUT2D eigenvalue weighted by Gasteiger charge is -2.30. The van der Waals surface area contributed by atoms with Crippen molar-refractivity contribution >= 4 is 12.0 Å². The van der Waals surface area contributed by atoms with E-state index in [1.54, 1.807) is 0 Å². The normalized spacial score (nSPS) is 23.3. The van der Waals surface area contributed by atoms with Crippen molar-refractivity contribution in [2.45, 2.75) is 78.0 Å². The van der Waals surface area contributed by atoms with Gasteiger partial charge in [-0.3, -0.25) is 4.79 Å². The predicted octanol–water partition coefficient (Wildman–Crippen LogP) is 2.59. The van der Waals surface area contributed by atoms with E-state index < -0.39 is 11.7 Å². The van der Waals surface area contributed by atoms with Gasteiger partial charge in [0.2, 0.25) is 5.91 Å². The van der Waals surface area contributed by atoms with Crippen LogP contribution in [0.15, 0.2) is 0 Å². The number of ether oxygens (including phenoxy) is 1. The lowest BCUT2D eigenvalue weighted by molar-refractivity contribution is -0.126. The van der Waals surface area contributed by atoms with Crippen LogP contribution in [0.3, 0.4) is 0 Å². The molecule has 0 heterocycles. The number of hydrogen-bond donors (Lipinski definition) is 2. The summed E-state index contributed by atoms with van der Waals surface area (Å²) in [6, 6.07) is 0.184. The van der Waals surface area contributed by atoms with E-state index in [0.717, 1.165) is 19.3 Å². The average Bonchev–Trinajstić information content (AvgIpc) is 2.25. The maximum Gasteiger partial charge on any atom is 0.407 e. The summed E-state index contributed by atoms with van der Waals surface area (Å²) in [4.78, 5) is 23.8. The molecule has 0 saturated heterocycles. The molecule has 0 radical (unpaired) electrons. The fourth-order valence-electron chi connectivity index (χ4n) is 2.44. The Morgan fingerprint density at radius 3 is 2.40 bits per heavy atom. The summed E-state index contributed by atoms with van der Waals surface area (Å²) in [6.07, 6.45) is 3.05. The number of amides is 2. The van der Waals surface area contributed by atoms with E-state index >= 15 is 0 Å². The Morgan fingerprint density at radius 1 is 1.20 bits per heavy atom. The summed E-state index contributed by atoms with van der Waals surface area (Å²) >= 11 is 0. The molecule has 1 fully saturated rings. The molecular weight excluding hydrogens is 256 g/mol. The summed E-state index contributed by atoms with van der Waals surface area (Å²) in [5, 5.41) is 5.81. The molecule has 1 aliphatic rings. The second-order valence-electron chi connectivity index (χ2n) is 6.87. The fraction of sp³-hybridized carbons (Fsp3) is 0.867. The zero-order valence-electron chi connectivity index (χ0n) is 13.3. The number of hydrogen-bond acceptors (Lipinski definition) is 3. The van der Waals surface area contributed by atoms with E-state index in [2.05, 4.69) is 10.6 Å².